The van der Waals surface area contributed by atoms with Gasteiger partial charge in [-0.05, 0) is 18.6 Å². The number of fused-ring (bicyclic) bond motifs is 1. The molecule has 0 saturated carbocycles. The third-order valence-corrected chi connectivity index (χ3v) is 4.16. The van der Waals surface area contributed by atoms with Crippen LogP contribution in [0.5, 0.6) is 5.75 Å². The molecule has 1 aromatic rings. The van der Waals surface area contributed by atoms with Crippen molar-refractivity contribution in [2.75, 3.05) is 17.6 Å². The van der Waals surface area contributed by atoms with E-state index in [1.807, 2.05) is 0 Å². The highest BCUT2D eigenvalue weighted by Crippen LogP contribution is 2.36. The summed E-state index contributed by atoms with van der Waals surface area (Å²) in [5.74, 6) is 0.473. The molecule has 1 aliphatic heterocycles. The molecule has 1 aromatic carbocycles. The van der Waals surface area contributed by atoms with Crippen LogP contribution in [0, 0.1) is 0 Å². The number of aliphatic hydroxyl groups is 1. The maximum atomic E-state index is 11.4. The van der Waals surface area contributed by atoms with Crippen LogP contribution < -0.4 is 9.04 Å². The number of sulfonamides is 1. The molecule has 0 amide bonds. The molecule has 98 valence electrons. The van der Waals surface area contributed by atoms with Gasteiger partial charge in [0, 0.05) is 18.7 Å². The van der Waals surface area contributed by atoms with Gasteiger partial charge in [-0.1, -0.05) is 6.07 Å². The highest BCUT2D eigenvalue weighted by molar-refractivity contribution is 7.92. The summed E-state index contributed by atoms with van der Waals surface area (Å²) in [6.07, 6.45) is 1.90. The van der Waals surface area contributed by atoms with Crippen LogP contribution in [0.2, 0.25) is 0 Å². The Bertz CT molecular complexity index is 607. The molecule has 2 rings (SSSR count). The van der Waals surface area contributed by atoms with Crippen LogP contribution in [-0.2, 0) is 10.0 Å². The summed E-state index contributed by atoms with van der Waals surface area (Å²) in [7, 11) is -1.84. The van der Waals surface area contributed by atoms with Gasteiger partial charge in [-0.2, -0.15) is 0 Å². The SMILES string of the molecule is CC1=COc2cc(N(C)S(C)(=O)=O)ccc2C1O. The third kappa shape index (κ3) is 2.21. The Morgan fingerprint density at radius 1 is 1.39 bits per heavy atom. The summed E-state index contributed by atoms with van der Waals surface area (Å²) in [5, 5.41) is 9.94. The van der Waals surface area contributed by atoms with E-state index in [4.69, 9.17) is 4.74 Å². The molecule has 0 spiro atoms. The van der Waals surface area contributed by atoms with Gasteiger partial charge in [0.25, 0.3) is 0 Å². The van der Waals surface area contributed by atoms with Crippen LogP contribution in [0.4, 0.5) is 5.69 Å². The minimum absolute atomic E-state index is 0.473. The molecule has 1 atom stereocenters. The van der Waals surface area contributed by atoms with Gasteiger partial charge in [-0.25, -0.2) is 8.42 Å². The zero-order valence-corrected chi connectivity index (χ0v) is 11.2. The molecule has 1 N–H and O–H groups in total. The first-order valence-electron chi connectivity index (χ1n) is 5.40. The highest BCUT2D eigenvalue weighted by Gasteiger charge is 2.22. The highest BCUT2D eigenvalue weighted by atomic mass is 32.2. The van der Waals surface area contributed by atoms with Crippen LogP contribution in [0.3, 0.4) is 0 Å². The summed E-state index contributed by atoms with van der Waals surface area (Å²) >= 11 is 0. The molecule has 1 heterocycles. The van der Waals surface area contributed by atoms with Gasteiger partial charge in [0.2, 0.25) is 10.0 Å². The van der Waals surface area contributed by atoms with Crippen molar-refractivity contribution in [3.05, 3.63) is 35.6 Å². The topological polar surface area (TPSA) is 66.8 Å². The second kappa shape index (κ2) is 4.29. The van der Waals surface area contributed by atoms with Crippen LogP contribution >= 0.6 is 0 Å². The Morgan fingerprint density at radius 2 is 2.06 bits per heavy atom. The standard InChI is InChI=1S/C12H15NO4S/c1-8-7-17-11-6-9(13(2)18(3,15)16)4-5-10(11)12(8)14/h4-7,12,14H,1-3H3. The van der Waals surface area contributed by atoms with Crippen LogP contribution in [0.25, 0.3) is 0 Å². The summed E-state index contributed by atoms with van der Waals surface area (Å²) < 4.78 is 29.4. The van der Waals surface area contributed by atoms with E-state index in [1.54, 1.807) is 25.1 Å². The first-order chi connectivity index (χ1) is 8.30. The maximum Gasteiger partial charge on any atom is 0.231 e. The van der Waals surface area contributed by atoms with Gasteiger partial charge in [0.1, 0.15) is 11.9 Å². The fourth-order valence-electron chi connectivity index (χ4n) is 1.70. The first kappa shape index (κ1) is 12.9. The number of rotatable bonds is 2. The van der Waals surface area contributed by atoms with Crippen molar-refractivity contribution >= 4 is 15.7 Å². The molecule has 0 aliphatic carbocycles. The second-order valence-corrected chi connectivity index (χ2v) is 6.35. The van der Waals surface area contributed by atoms with Crippen molar-refractivity contribution in [2.24, 2.45) is 0 Å². The summed E-state index contributed by atoms with van der Waals surface area (Å²) in [6.45, 7) is 1.77. The van der Waals surface area contributed by atoms with Gasteiger partial charge in [-0.15, -0.1) is 0 Å². The molecule has 6 heteroatoms. The van der Waals surface area contributed by atoms with Crippen molar-refractivity contribution in [1.29, 1.82) is 0 Å². The third-order valence-electron chi connectivity index (χ3n) is 2.96. The molecule has 0 aromatic heterocycles. The lowest BCUT2D eigenvalue weighted by atomic mass is 10.0. The van der Waals surface area contributed by atoms with E-state index in [9.17, 15) is 13.5 Å². The molecule has 5 nitrogen and oxygen atoms in total. The van der Waals surface area contributed by atoms with E-state index < -0.39 is 16.1 Å². The van der Waals surface area contributed by atoms with Crippen molar-refractivity contribution < 1.29 is 18.3 Å². The number of nitrogens with zero attached hydrogens (tertiary/aromatic N) is 1. The predicted molar refractivity (Wildman–Crippen MR) is 69.0 cm³/mol. The normalized spacial score (nSPS) is 18.7. The van der Waals surface area contributed by atoms with E-state index in [0.717, 1.165) is 10.6 Å². The fraction of sp³-hybridized carbons (Fsp3) is 0.333. The van der Waals surface area contributed by atoms with E-state index >= 15 is 0 Å². The Balaban J connectivity index is 2.43. The maximum absolute atomic E-state index is 11.4. The summed E-state index contributed by atoms with van der Waals surface area (Å²) in [6, 6.07) is 4.92. The van der Waals surface area contributed by atoms with Gasteiger partial charge in [0.15, 0.2) is 0 Å². The molecule has 0 saturated heterocycles. The molecular formula is C12H15NO4S. The lowest BCUT2D eigenvalue weighted by Gasteiger charge is -2.23. The van der Waals surface area contributed by atoms with Gasteiger partial charge < -0.3 is 9.84 Å². The first-order valence-corrected chi connectivity index (χ1v) is 7.25. The van der Waals surface area contributed by atoms with Gasteiger partial charge >= 0.3 is 0 Å². The quantitative estimate of drug-likeness (QED) is 0.881. The molecule has 1 unspecified atom stereocenters. The largest absolute Gasteiger partial charge is 0.464 e. The number of anilines is 1. The van der Waals surface area contributed by atoms with E-state index in [2.05, 4.69) is 0 Å². The van der Waals surface area contributed by atoms with Crippen LogP contribution in [0.15, 0.2) is 30.0 Å². The summed E-state index contributed by atoms with van der Waals surface area (Å²) in [5.41, 5.74) is 1.85. The smallest absolute Gasteiger partial charge is 0.231 e. The predicted octanol–water partition coefficient (Wildman–Crippen LogP) is 1.41. The average Bonchev–Trinajstić information content (AvgIpc) is 2.31. The second-order valence-electron chi connectivity index (χ2n) is 4.33. The Morgan fingerprint density at radius 3 is 2.67 bits per heavy atom. The Labute approximate surface area is 106 Å². The van der Waals surface area contributed by atoms with E-state index in [-0.39, 0.29) is 0 Å². The van der Waals surface area contributed by atoms with Crippen molar-refractivity contribution in [1.82, 2.24) is 0 Å². The monoisotopic (exact) mass is 269 g/mol. The fourth-order valence-corrected chi connectivity index (χ4v) is 2.20. The van der Waals surface area contributed by atoms with Gasteiger partial charge in [-0.3, -0.25) is 4.31 Å². The lowest BCUT2D eigenvalue weighted by Crippen LogP contribution is -2.25. The average molecular weight is 269 g/mol. The van der Waals surface area contributed by atoms with Crippen molar-refractivity contribution in [3.63, 3.8) is 0 Å². The summed E-state index contributed by atoms with van der Waals surface area (Å²) in [4.78, 5) is 0. The number of ether oxygens (including phenoxy) is 1. The number of benzene rings is 1. The molecular weight excluding hydrogens is 254 g/mol. The van der Waals surface area contributed by atoms with E-state index in [1.165, 1.54) is 13.3 Å². The number of hydrogen-bond acceptors (Lipinski definition) is 4. The van der Waals surface area contributed by atoms with E-state index in [0.29, 0.717) is 22.6 Å². The van der Waals surface area contributed by atoms with Gasteiger partial charge in [0.05, 0.1) is 18.2 Å². The Hall–Kier alpha value is -1.53. The zero-order valence-electron chi connectivity index (χ0n) is 10.4. The Kier molecular flexibility index (Phi) is 3.08. The lowest BCUT2D eigenvalue weighted by molar-refractivity contribution is 0.199. The molecule has 0 fully saturated rings. The molecule has 0 bridgehead atoms. The van der Waals surface area contributed by atoms with Crippen molar-refractivity contribution in [3.8, 4) is 5.75 Å². The minimum atomic E-state index is -3.31. The van der Waals surface area contributed by atoms with Crippen molar-refractivity contribution in [2.45, 2.75) is 13.0 Å². The molecule has 0 radical (unpaired) electrons. The minimum Gasteiger partial charge on any atom is -0.464 e. The number of hydrogen-bond donors (Lipinski definition) is 1. The molecule has 1 aliphatic rings. The van der Waals surface area contributed by atoms with Crippen LogP contribution in [-0.4, -0.2) is 26.8 Å². The zero-order chi connectivity index (χ0) is 13.5. The molecule has 18 heavy (non-hydrogen) atoms. The van der Waals surface area contributed by atoms with Crippen LogP contribution in [0.1, 0.15) is 18.6 Å². The number of aliphatic hydroxyl groups excluding tert-OH is 1.